The fourth-order valence-corrected chi connectivity index (χ4v) is 7.37. The van der Waals surface area contributed by atoms with Gasteiger partial charge < -0.3 is 9.13 Å². The van der Waals surface area contributed by atoms with Gasteiger partial charge in [0.2, 0.25) is 0 Å². The predicted octanol–water partition coefficient (Wildman–Crippen LogP) is 11.0. The molecule has 0 atom stereocenters. The predicted molar refractivity (Wildman–Crippen MR) is 195 cm³/mol. The first-order chi connectivity index (χ1) is 23.8. The molecule has 4 heteroatoms. The zero-order chi connectivity index (χ0) is 32.2. The van der Waals surface area contributed by atoms with Gasteiger partial charge in [0.1, 0.15) is 12.1 Å². The van der Waals surface area contributed by atoms with E-state index in [1.54, 1.807) is 0 Å². The van der Waals surface area contributed by atoms with E-state index in [4.69, 9.17) is 0 Å². The molecule has 0 saturated carbocycles. The van der Waals surface area contributed by atoms with Crippen molar-refractivity contribution in [1.29, 1.82) is 10.5 Å². The number of rotatable bonds is 4. The first kappa shape index (κ1) is 27.4. The van der Waals surface area contributed by atoms with Crippen LogP contribution in [0.2, 0.25) is 0 Å². The van der Waals surface area contributed by atoms with E-state index in [0.717, 1.165) is 55.7 Å². The van der Waals surface area contributed by atoms with Gasteiger partial charge in [0.05, 0.1) is 38.9 Å². The molecule has 9 rings (SSSR count). The number of nitriles is 2. The molecule has 7 aromatic carbocycles. The third-order valence-corrected chi connectivity index (χ3v) is 9.46. The molecule has 0 aliphatic rings. The van der Waals surface area contributed by atoms with E-state index in [2.05, 4.69) is 137 Å². The Morgan fingerprint density at radius 2 is 0.771 bits per heavy atom. The third kappa shape index (κ3) is 4.01. The minimum Gasteiger partial charge on any atom is -0.309 e. The quantitative estimate of drug-likeness (QED) is 0.199. The lowest BCUT2D eigenvalue weighted by Gasteiger charge is -2.17. The third-order valence-electron chi connectivity index (χ3n) is 9.46. The van der Waals surface area contributed by atoms with Crippen LogP contribution in [-0.4, -0.2) is 9.13 Å². The molecule has 222 valence electrons. The summed E-state index contributed by atoms with van der Waals surface area (Å²) in [6.07, 6.45) is 0. The summed E-state index contributed by atoms with van der Waals surface area (Å²) in [5.74, 6) is 0. The van der Waals surface area contributed by atoms with Crippen LogP contribution in [0.4, 0.5) is 0 Å². The van der Waals surface area contributed by atoms with Gasteiger partial charge in [-0.1, -0.05) is 115 Å². The second-order valence-electron chi connectivity index (χ2n) is 11.9. The van der Waals surface area contributed by atoms with E-state index in [0.29, 0.717) is 11.1 Å². The van der Waals surface area contributed by atoms with Gasteiger partial charge in [-0.2, -0.15) is 10.5 Å². The van der Waals surface area contributed by atoms with Crippen LogP contribution in [0.25, 0.3) is 77.2 Å². The molecule has 0 fully saturated rings. The van der Waals surface area contributed by atoms with Crippen molar-refractivity contribution in [3.8, 4) is 45.8 Å². The zero-order valence-corrected chi connectivity index (χ0v) is 25.8. The Labute approximate surface area is 277 Å². The smallest absolute Gasteiger partial charge is 0.101 e. The van der Waals surface area contributed by atoms with Crippen molar-refractivity contribution in [3.05, 3.63) is 169 Å². The Hall–Kier alpha value is -6.88. The summed E-state index contributed by atoms with van der Waals surface area (Å²) < 4.78 is 4.53. The van der Waals surface area contributed by atoms with Crippen LogP contribution in [0.15, 0.2) is 158 Å². The summed E-state index contributed by atoms with van der Waals surface area (Å²) in [4.78, 5) is 0. The summed E-state index contributed by atoms with van der Waals surface area (Å²) in [5, 5.41) is 25.9. The number of para-hydroxylation sites is 5. The number of nitrogens with zero attached hydrogens (tertiary/aromatic N) is 4. The van der Waals surface area contributed by atoms with Crippen molar-refractivity contribution < 1.29 is 0 Å². The van der Waals surface area contributed by atoms with Crippen molar-refractivity contribution in [1.82, 2.24) is 9.13 Å². The van der Waals surface area contributed by atoms with Crippen molar-refractivity contribution in [2.75, 3.05) is 0 Å². The maximum atomic E-state index is 10.6. The van der Waals surface area contributed by atoms with Gasteiger partial charge in [-0.3, -0.25) is 0 Å². The molecular weight excluding hydrogens is 585 g/mol. The van der Waals surface area contributed by atoms with Crippen LogP contribution in [0, 0.1) is 22.7 Å². The first-order valence-corrected chi connectivity index (χ1v) is 15.9. The van der Waals surface area contributed by atoms with Crippen LogP contribution >= 0.6 is 0 Å². The fourth-order valence-electron chi connectivity index (χ4n) is 7.37. The van der Waals surface area contributed by atoms with Crippen LogP contribution in [-0.2, 0) is 0 Å². The van der Waals surface area contributed by atoms with Crippen LogP contribution in [0.1, 0.15) is 11.1 Å². The van der Waals surface area contributed by atoms with E-state index in [1.165, 1.54) is 21.5 Å². The lowest BCUT2D eigenvalue weighted by Crippen LogP contribution is -2.00. The average molecular weight is 611 g/mol. The maximum absolute atomic E-state index is 10.6. The summed E-state index contributed by atoms with van der Waals surface area (Å²) >= 11 is 0. The molecule has 0 bridgehead atoms. The first-order valence-electron chi connectivity index (χ1n) is 15.9. The second-order valence-corrected chi connectivity index (χ2v) is 11.9. The lowest BCUT2D eigenvalue weighted by molar-refractivity contribution is 1.18. The Morgan fingerprint density at radius 1 is 0.354 bits per heavy atom. The summed E-state index contributed by atoms with van der Waals surface area (Å²) in [6.45, 7) is 0. The van der Waals surface area contributed by atoms with E-state index in [9.17, 15) is 10.5 Å². The normalized spacial score (nSPS) is 11.3. The van der Waals surface area contributed by atoms with Gasteiger partial charge in [-0.25, -0.2) is 0 Å². The number of benzene rings is 7. The fraction of sp³-hybridized carbons (Fsp3) is 0. The standard InChI is InChI=1S/C44H26N4/c45-27-38-31(29-21-23-30(24-22-29)47-40-16-6-2-12-34(40)35-13-3-7-17-41(35)47)25-26-32(39(38)28-46)33-11-1-8-18-42(33)48-43-19-9-4-14-36(43)37-15-5-10-20-44(37)48/h1-26H. The molecule has 0 N–H and O–H groups in total. The van der Waals surface area contributed by atoms with E-state index < -0.39 is 0 Å². The lowest BCUT2D eigenvalue weighted by atomic mass is 9.89. The molecule has 2 aromatic heterocycles. The van der Waals surface area contributed by atoms with Crippen LogP contribution < -0.4 is 0 Å². The van der Waals surface area contributed by atoms with Gasteiger partial charge in [0.25, 0.3) is 0 Å². The highest BCUT2D eigenvalue weighted by atomic mass is 15.0. The molecule has 4 nitrogen and oxygen atoms in total. The molecule has 0 aliphatic heterocycles. The molecule has 0 radical (unpaired) electrons. The number of aromatic nitrogens is 2. The highest BCUT2D eigenvalue weighted by molar-refractivity contribution is 6.10. The number of hydrogen-bond acceptors (Lipinski definition) is 2. The zero-order valence-electron chi connectivity index (χ0n) is 25.8. The van der Waals surface area contributed by atoms with E-state index >= 15 is 0 Å². The van der Waals surface area contributed by atoms with Gasteiger partial charge in [0.15, 0.2) is 0 Å². The van der Waals surface area contributed by atoms with E-state index in [-0.39, 0.29) is 0 Å². The summed E-state index contributed by atoms with van der Waals surface area (Å²) in [5.41, 5.74) is 10.4. The molecule has 0 aliphatic carbocycles. The minimum atomic E-state index is 0.370. The summed E-state index contributed by atoms with van der Waals surface area (Å²) in [7, 11) is 0. The molecule has 48 heavy (non-hydrogen) atoms. The highest BCUT2D eigenvalue weighted by Crippen LogP contribution is 2.40. The monoisotopic (exact) mass is 610 g/mol. The van der Waals surface area contributed by atoms with E-state index in [1.807, 2.05) is 42.5 Å². The Balaban J connectivity index is 1.19. The molecule has 0 amide bonds. The van der Waals surface area contributed by atoms with Crippen molar-refractivity contribution in [2.45, 2.75) is 0 Å². The van der Waals surface area contributed by atoms with Gasteiger partial charge in [-0.05, 0) is 48.0 Å². The van der Waals surface area contributed by atoms with Gasteiger partial charge >= 0.3 is 0 Å². The Kier molecular flexibility index (Phi) is 6.22. The molecule has 0 saturated heterocycles. The average Bonchev–Trinajstić information content (AvgIpc) is 3.67. The maximum Gasteiger partial charge on any atom is 0.101 e. The molecule has 0 unspecified atom stereocenters. The van der Waals surface area contributed by atoms with Crippen LogP contribution in [0.3, 0.4) is 0 Å². The highest BCUT2D eigenvalue weighted by Gasteiger charge is 2.21. The Morgan fingerprint density at radius 3 is 1.29 bits per heavy atom. The van der Waals surface area contributed by atoms with Gasteiger partial charge in [0, 0.05) is 43.9 Å². The second kappa shape index (κ2) is 10.9. The largest absolute Gasteiger partial charge is 0.309 e. The number of fused-ring (bicyclic) bond motifs is 6. The molecule has 2 heterocycles. The molecule has 9 aromatic rings. The SMILES string of the molecule is N#Cc1c(-c2ccc(-n3c4ccccc4c4ccccc43)cc2)ccc(-c2ccccc2-n2c3ccccc3c3ccccc32)c1C#N. The Bertz CT molecular complexity index is 2690. The topological polar surface area (TPSA) is 57.4 Å². The minimum absolute atomic E-state index is 0.370. The van der Waals surface area contributed by atoms with Crippen molar-refractivity contribution >= 4 is 43.6 Å². The van der Waals surface area contributed by atoms with Gasteiger partial charge in [-0.15, -0.1) is 0 Å². The molecule has 0 spiro atoms. The van der Waals surface area contributed by atoms with Crippen LogP contribution in [0.5, 0.6) is 0 Å². The molecular formula is C44H26N4. The van der Waals surface area contributed by atoms with Crippen molar-refractivity contribution in [3.63, 3.8) is 0 Å². The number of hydrogen-bond donors (Lipinski definition) is 0. The summed E-state index contributed by atoms with van der Waals surface area (Å²) in [6, 6.07) is 58.8. The van der Waals surface area contributed by atoms with Crippen molar-refractivity contribution in [2.24, 2.45) is 0 Å².